The summed E-state index contributed by atoms with van der Waals surface area (Å²) >= 11 is 0. The second-order valence-corrected chi connectivity index (χ2v) is 10.8. The van der Waals surface area contributed by atoms with Gasteiger partial charge in [0, 0.05) is 0 Å². The fourth-order valence-corrected chi connectivity index (χ4v) is 4.40. The monoisotopic (exact) mass is 463 g/mol. The minimum absolute atomic E-state index is 0.0251. The topological polar surface area (TPSA) is 102 Å². The van der Waals surface area contributed by atoms with Crippen LogP contribution in [0.25, 0.3) is 0 Å². The second kappa shape index (κ2) is 10.1. The molecule has 0 fully saturated rings. The number of hydrogen-bond donors (Lipinski definition) is 2. The van der Waals surface area contributed by atoms with Crippen molar-refractivity contribution in [3.8, 4) is 0 Å². The van der Waals surface area contributed by atoms with E-state index in [2.05, 4.69) is 4.72 Å². The lowest BCUT2D eigenvalue weighted by Gasteiger charge is -2.37. The average Bonchev–Trinajstić information content (AvgIpc) is 2.70. The highest BCUT2D eigenvalue weighted by atomic mass is 32.2. The van der Waals surface area contributed by atoms with Crippen LogP contribution < -0.4 is 4.72 Å². The lowest BCUT2D eigenvalue weighted by atomic mass is 9.92. The number of aryl methyl sites for hydroxylation is 1. The Kier molecular flexibility index (Phi) is 8.22. The van der Waals surface area contributed by atoms with E-state index >= 15 is 0 Å². The molecule has 0 heterocycles. The molecule has 2 N–H and O–H groups in total. The quantitative estimate of drug-likeness (QED) is 0.553. The van der Waals surface area contributed by atoms with E-state index in [4.69, 9.17) is 9.47 Å². The fourth-order valence-electron chi connectivity index (χ4n) is 3.02. The van der Waals surface area contributed by atoms with Gasteiger partial charge in [0.15, 0.2) is 5.54 Å². The van der Waals surface area contributed by atoms with E-state index in [0.717, 1.165) is 11.1 Å². The van der Waals surface area contributed by atoms with E-state index in [9.17, 15) is 18.3 Å². The maximum absolute atomic E-state index is 13.1. The van der Waals surface area contributed by atoms with Crippen molar-refractivity contribution in [3.05, 3.63) is 65.7 Å². The predicted octanol–water partition coefficient (Wildman–Crippen LogP) is 3.34. The summed E-state index contributed by atoms with van der Waals surface area (Å²) in [5.74, 6) is -0.900. The van der Waals surface area contributed by atoms with Crippen molar-refractivity contribution in [2.24, 2.45) is 0 Å². The molecular weight excluding hydrogens is 430 g/mol. The Labute approximate surface area is 190 Å². The van der Waals surface area contributed by atoms with Crippen LogP contribution in [0.4, 0.5) is 0 Å². The maximum atomic E-state index is 13.1. The number of benzene rings is 2. The summed E-state index contributed by atoms with van der Waals surface area (Å²) in [6, 6.07) is 15.5. The van der Waals surface area contributed by atoms with Crippen molar-refractivity contribution < 1.29 is 27.8 Å². The van der Waals surface area contributed by atoms with Crippen molar-refractivity contribution in [1.29, 1.82) is 0 Å². The lowest BCUT2D eigenvalue weighted by Crippen LogP contribution is -2.64. The van der Waals surface area contributed by atoms with Gasteiger partial charge >= 0.3 is 5.97 Å². The molecule has 2 aromatic rings. The summed E-state index contributed by atoms with van der Waals surface area (Å²) in [6.45, 7) is 9.92. The molecule has 0 aliphatic heterocycles. The third kappa shape index (κ3) is 6.87. The molecule has 2 rings (SSSR count). The van der Waals surface area contributed by atoms with E-state index in [1.807, 2.05) is 37.3 Å². The first kappa shape index (κ1) is 26.0. The Morgan fingerprint density at radius 2 is 1.59 bits per heavy atom. The SMILES string of the molecule is Cc1ccc(S(=O)(=O)N[C@](C)(C(=O)OC(C)(C)C)[C@@H](O)[C@H](C)OCc2ccccc2)cc1. The molecule has 0 amide bonds. The zero-order chi connectivity index (χ0) is 24.2. The number of rotatable bonds is 9. The van der Waals surface area contributed by atoms with E-state index in [1.165, 1.54) is 19.1 Å². The number of carbonyl (C=O) groups excluding carboxylic acids is 1. The molecule has 0 unspecified atom stereocenters. The molecule has 2 aromatic carbocycles. The second-order valence-electron chi connectivity index (χ2n) is 9.07. The molecule has 3 atom stereocenters. The number of aliphatic hydroxyl groups excluding tert-OH is 1. The van der Waals surface area contributed by atoms with Crippen LogP contribution in [0.3, 0.4) is 0 Å². The Morgan fingerprint density at radius 1 is 1.03 bits per heavy atom. The van der Waals surface area contributed by atoms with Gasteiger partial charge < -0.3 is 14.6 Å². The zero-order valence-corrected chi connectivity index (χ0v) is 20.3. The van der Waals surface area contributed by atoms with Crippen LogP contribution in [0.5, 0.6) is 0 Å². The van der Waals surface area contributed by atoms with E-state index < -0.39 is 39.3 Å². The molecule has 0 bridgehead atoms. The number of ether oxygens (including phenoxy) is 2. The van der Waals surface area contributed by atoms with Crippen molar-refractivity contribution >= 4 is 16.0 Å². The molecule has 0 saturated heterocycles. The van der Waals surface area contributed by atoms with Gasteiger partial charge in [-0.15, -0.1) is 0 Å². The Hall–Kier alpha value is -2.26. The van der Waals surface area contributed by atoms with E-state index in [0.29, 0.717) is 0 Å². The van der Waals surface area contributed by atoms with Gasteiger partial charge in [0.2, 0.25) is 10.0 Å². The van der Waals surface area contributed by atoms with Crippen molar-refractivity contribution in [2.45, 2.75) is 76.4 Å². The van der Waals surface area contributed by atoms with Crippen LogP contribution in [-0.4, -0.2) is 42.8 Å². The Morgan fingerprint density at radius 3 is 2.12 bits per heavy atom. The van der Waals surface area contributed by atoms with Gasteiger partial charge in [0.1, 0.15) is 11.7 Å². The summed E-state index contributed by atoms with van der Waals surface area (Å²) in [5, 5.41) is 11.1. The minimum Gasteiger partial charge on any atom is -0.458 e. The highest BCUT2D eigenvalue weighted by molar-refractivity contribution is 7.89. The van der Waals surface area contributed by atoms with Crippen LogP contribution in [0, 0.1) is 6.92 Å². The number of hydrogen-bond acceptors (Lipinski definition) is 6. The van der Waals surface area contributed by atoms with E-state index in [-0.39, 0.29) is 11.5 Å². The van der Waals surface area contributed by atoms with Gasteiger partial charge in [-0.2, -0.15) is 4.72 Å². The van der Waals surface area contributed by atoms with Crippen molar-refractivity contribution in [3.63, 3.8) is 0 Å². The van der Waals surface area contributed by atoms with Crippen molar-refractivity contribution in [1.82, 2.24) is 4.72 Å². The van der Waals surface area contributed by atoms with Gasteiger partial charge in [-0.3, -0.25) is 0 Å². The van der Waals surface area contributed by atoms with Crippen LogP contribution in [-0.2, 0) is 30.9 Å². The predicted molar refractivity (Wildman–Crippen MR) is 122 cm³/mol. The van der Waals surface area contributed by atoms with Gasteiger partial charge in [0.05, 0.1) is 17.6 Å². The normalized spacial score (nSPS) is 16.1. The fraction of sp³-hybridized carbons (Fsp3) is 0.458. The van der Waals surface area contributed by atoms with Crippen molar-refractivity contribution in [2.75, 3.05) is 0 Å². The molecule has 0 radical (unpaired) electrons. The lowest BCUT2D eigenvalue weighted by molar-refractivity contribution is -0.171. The van der Waals surface area contributed by atoms with Crippen LogP contribution in [0.2, 0.25) is 0 Å². The molecule has 0 aromatic heterocycles. The Balaban J connectivity index is 2.32. The Bertz CT molecular complexity index is 999. The smallest absolute Gasteiger partial charge is 0.330 e. The number of carbonyl (C=O) groups is 1. The van der Waals surface area contributed by atoms with Gasteiger partial charge in [0.25, 0.3) is 0 Å². The summed E-state index contributed by atoms with van der Waals surface area (Å²) in [5.41, 5.74) is -1.11. The molecule has 0 aliphatic rings. The van der Waals surface area contributed by atoms with Crippen LogP contribution in [0.15, 0.2) is 59.5 Å². The van der Waals surface area contributed by atoms with Gasteiger partial charge in [-0.05, 0) is 59.2 Å². The maximum Gasteiger partial charge on any atom is 0.330 e. The minimum atomic E-state index is -4.15. The molecule has 176 valence electrons. The molecule has 32 heavy (non-hydrogen) atoms. The third-order valence-corrected chi connectivity index (χ3v) is 6.48. The molecule has 0 aliphatic carbocycles. The van der Waals surface area contributed by atoms with Crippen LogP contribution >= 0.6 is 0 Å². The largest absolute Gasteiger partial charge is 0.458 e. The molecule has 0 spiro atoms. The molecule has 0 saturated carbocycles. The highest BCUT2D eigenvalue weighted by Gasteiger charge is 2.49. The first-order valence-electron chi connectivity index (χ1n) is 10.4. The summed E-state index contributed by atoms with van der Waals surface area (Å²) in [7, 11) is -4.15. The van der Waals surface area contributed by atoms with E-state index in [1.54, 1.807) is 39.8 Å². The summed E-state index contributed by atoms with van der Waals surface area (Å²) in [4.78, 5) is 13.1. The molecule has 7 nitrogen and oxygen atoms in total. The molecular formula is C24H33NO6S. The highest BCUT2D eigenvalue weighted by Crippen LogP contribution is 2.25. The summed E-state index contributed by atoms with van der Waals surface area (Å²) in [6.07, 6.45) is -2.41. The van der Waals surface area contributed by atoms with Gasteiger partial charge in [-0.25, -0.2) is 13.2 Å². The number of esters is 1. The first-order valence-corrected chi connectivity index (χ1v) is 11.9. The zero-order valence-electron chi connectivity index (χ0n) is 19.5. The number of sulfonamides is 1. The van der Waals surface area contributed by atoms with Gasteiger partial charge in [-0.1, -0.05) is 48.0 Å². The molecule has 8 heteroatoms. The summed E-state index contributed by atoms with van der Waals surface area (Å²) < 4.78 is 39.7. The first-order chi connectivity index (χ1) is 14.7. The van der Waals surface area contributed by atoms with Crippen LogP contribution in [0.1, 0.15) is 45.7 Å². The average molecular weight is 464 g/mol. The third-order valence-electron chi connectivity index (χ3n) is 4.89. The standard InChI is InChI=1S/C24H33NO6S/c1-17-12-14-20(15-13-17)32(28,29)25-24(6,22(27)31-23(3,4)5)21(26)18(2)30-16-19-10-8-7-9-11-19/h7-15,18,21,25-26H,16H2,1-6H3/t18-,21-,24-/m0/s1. The number of aliphatic hydroxyl groups is 1. The number of nitrogens with one attached hydrogen (secondary N) is 1.